The highest BCUT2D eigenvalue weighted by atomic mass is 32.1. The molecule has 1 aromatic carbocycles. The second-order valence-corrected chi connectivity index (χ2v) is 11.8. The Morgan fingerprint density at radius 2 is 2.03 bits per heavy atom. The third-order valence-corrected chi connectivity index (χ3v) is 9.32. The maximum Gasteiger partial charge on any atom is 0.129 e. The molecule has 0 bridgehead atoms. The second-order valence-electron chi connectivity index (χ2n) is 10.7. The van der Waals surface area contributed by atoms with Gasteiger partial charge in [0.05, 0.1) is 29.1 Å². The van der Waals surface area contributed by atoms with Gasteiger partial charge in [0.2, 0.25) is 0 Å². The summed E-state index contributed by atoms with van der Waals surface area (Å²) in [7, 11) is 0. The van der Waals surface area contributed by atoms with Gasteiger partial charge in [0.15, 0.2) is 0 Å². The molecule has 7 rings (SSSR count). The fraction of sp³-hybridized carbons (Fsp3) is 0.500. The number of aromatic nitrogens is 3. The van der Waals surface area contributed by atoms with Crippen LogP contribution >= 0.6 is 11.3 Å². The van der Waals surface area contributed by atoms with Crippen LogP contribution in [0.2, 0.25) is 0 Å². The van der Waals surface area contributed by atoms with Crippen molar-refractivity contribution in [2.45, 2.75) is 44.0 Å². The molecule has 2 aliphatic heterocycles. The van der Waals surface area contributed by atoms with Crippen LogP contribution in [0.5, 0.6) is 0 Å². The number of likely N-dealkylation sites (tertiary alicyclic amines) is 1. The number of thiophene rings is 1. The number of hydrogen-bond donors (Lipinski definition) is 2. The number of H-pyrrole nitrogens is 1. The summed E-state index contributed by atoms with van der Waals surface area (Å²) in [5, 5.41) is 4.72. The fourth-order valence-corrected chi connectivity index (χ4v) is 7.21. The van der Waals surface area contributed by atoms with E-state index in [0.717, 1.165) is 59.5 Å². The zero-order valence-corrected chi connectivity index (χ0v) is 21.7. The molecule has 2 saturated heterocycles. The Labute approximate surface area is 220 Å². The Bertz CT molecular complexity index is 1340. The molecule has 3 aromatic heterocycles. The molecule has 0 spiro atoms. The van der Waals surface area contributed by atoms with Gasteiger partial charge in [-0.3, -0.25) is 9.80 Å². The summed E-state index contributed by atoms with van der Waals surface area (Å²) in [5.41, 5.74) is 2.60. The average Bonchev–Trinajstić information content (AvgIpc) is 3.46. The van der Waals surface area contributed by atoms with Gasteiger partial charge >= 0.3 is 0 Å². The Morgan fingerprint density at radius 1 is 1.14 bits per heavy atom. The minimum atomic E-state index is -0.317. The lowest BCUT2D eigenvalue weighted by molar-refractivity contribution is -0.0817. The van der Waals surface area contributed by atoms with Gasteiger partial charge in [-0.05, 0) is 62.4 Å². The van der Waals surface area contributed by atoms with Crippen molar-refractivity contribution in [3.63, 3.8) is 0 Å². The third-order valence-electron chi connectivity index (χ3n) is 8.23. The molecule has 9 heteroatoms. The highest BCUT2D eigenvalue weighted by Crippen LogP contribution is 2.39. The molecule has 1 aliphatic carbocycles. The molecule has 4 aromatic rings. The molecule has 2 atom stereocenters. The summed E-state index contributed by atoms with van der Waals surface area (Å²) in [5.74, 6) is 0.704. The number of rotatable bonds is 7. The molecule has 2 N–H and O–H groups in total. The molecule has 5 heterocycles. The van der Waals surface area contributed by atoms with Crippen LogP contribution < -0.4 is 5.32 Å². The normalized spacial score (nSPS) is 23.2. The van der Waals surface area contributed by atoms with Gasteiger partial charge in [0, 0.05) is 66.0 Å². The molecular weight excluding hydrogens is 487 g/mol. The van der Waals surface area contributed by atoms with Gasteiger partial charge in [-0.25, -0.2) is 14.4 Å². The molecule has 0 amide bonds. The summed E-state index contributed by atoms with van der Waals surface area (Å²) in [6.07, 6.45) is 10.3. The number of halogens is 1. The van der Waals surface area contributed by atoms with E-state index in [-0.39, 0.29) is 18.1 Å². The van der Waals surface area contributed by atoms with Crippen LogP contribution in [0.3, 0.4) is 0 Å². The number of fused-ring (bicyclic) bond motifs is 2. The molecule has 3 fully saturated rings. The quantitative estimate of drug-likeness (QED) is 0.363. The topological polar surface area (TPSA) is 69.3 Å². The lowest BCUT2D eigenvalue weighted by atomic mass is 10.0. The number of nitrogens with zero attached hydrogens (tertiary/aromatic N) is 4. The van der Waals surface area contributed by atoms with Crippen molar-refractivity contribution < 1.29 is 9.13 Å². The van der Waals surface area contributed by atoms with Crippen LogP contribution in [0.25, 0.3) is 21.1 Å². The van der Waals surface area contributed by atoms with Crippen LogP contribution in [0, 0.1) is 11.7 Å². The zero-order chi connectivity index (χ0) is 24.8. The number of nitrogens with one attached hydrogen (secondary N) is 2. The van der Waals surface area contributed by atoms with Crippen molar-refractivity contribution in [2.75, 3.05) is 39.3 Å². The van der Waals surface area contributed by atoms with E-state index in [9.17, 15) is 0 Å². The Kier molecular flexibility index (Phi) is 6.42. The van der Waals surface area contributed by atoms with Crippen molar-refractivity contribution in [3.8, 4) is 0 Å². The van der Waals surface area contributed by atoms with Crippen LogP contribution in [0.4, 0.5) is 4.39 Å². The van der Waals surface area contributed by atoms with Gasteiger partial charge in [-0.2, -0.15) is 0 Å². The number of morpholine rings is 1. The molecule has 194 valence electrons. The largest absolute Gasteiger partial charge is 0.371 e. The number of hydrogen-bond acceptors (Lipinski definition) is 7. The van der Waals surface area contributed by atoms with Crippen LogP contribution in [0.1, 0.15) is 48.4 Å². The zero-order valence-electron chi connectivity index (χ0n) is 20.9. The third kappa shape index (κ3) is 4.79. The number of benzene rings is 1. The Morgan fingerprint density at radius 3 is 2.86 bits per heavy atom. The minimum absolute atomic E-state index is 0.114. The number of aromatic amines is 1. The highest BCUT2D eigenvalue weighted by Gasteiger charge is 2.36. The summed E-state index contributed by atoms with van der Waals surface area (Å²) in [4.78, 5) is 18.4. The monoisotopic (exact) mass is 520 g/mol. The van der Waals surface area contributed by atoms with Gasteiger partial charge < -0.3 is 15.0 Å². The molecule has 1 saturated carbocycles. The minimum Gasteiger partial charge on any atom is -0.371 e. The van der Waals surface area contributed by atoms with E-state index in [0.29, 0.717) is 24.8 Å². The fourth-order valence-electron chi connectivity index (χ4n) is 6.05. The van der Waals surface area contributed by atoms with E-state index < -0.39 is 0 Å². The first-order chi connectivity index (χ1) is 18.2. The average molecular weight is 521 g/mol. The number of ether oxygens (including phenoxy) is 1. The first kappa shape index (κ1) is 23.7. The summed E-state index contributed by atoms with van der Waals surface area (Å²) >= 11 is 1.78. The predicted molar refractivity (Wildman–Crippen MR) is 144 cm³/mol. The number of piperidine rings is 1. The molecule has 7 nitrogen and oxygen atoms in total. The van der Waals surface area contributed by atoms with E-state index in [2.05, 4.69) is 36.1 Å². The molecule has 37 heavy (non-hydrogen) atoms. The maximum absolute atomic E-state index is 15.2. The van der Waals surface area contributed by atoms with Crippen molar-refractivity contribution in [1.29, 1.82) is 0 Å². The first-order valence-corrected chi connectivity index (χ1v) is 14.3. The van der Waals surface area contributed by atoms with E-state index in [4.69, 9.17) is 4.74 Å². The van der Waals surface area contributed by atoms with Gasteiger partial charge in [0.1, 0.15) is 12.1 Å². The van der Waals surface area contributed by atoms with Gasteiger partial charge in [-0.15, -0.1) is 11.3 Å². The molecular formula is C28H33FN6OS. The predicted octanol–water partition coefficient (Wildman–Crippen LogP) is 4.85. The Balaban J connectivity index is 1.17. The second kappa shape index (κ2) is 10.0. The maximum atomic E-state index is 15.2. The highest BCUT2D eigenvalue weighted by molar-refractivity contribution is 7.19. The van der Waals surface area contributed by atoms with Crippen LogP contribution in [-0.4, -0.2) is 70.1 Å². The Hall–Kier alpha value is -2.43. The lowest BCUT2D eigenvalue weighted by Crippen LogP contribution is -2.51. The SMILES string of the molecule is Fc1ccc2[nH]ccc2c1C1CN(C(c2cc3ncncc3s2)N2CCC(NCC3CC3)CC2)CCO1. The van der Waals surface area contributed by atoms with Crippen LogP contribution in [-0.2, 0) is 4.74 Å². The smallest absolute Gasteiger partial charge is 0.129 e. The first-order valence-electron chi connectivity index (χ1n) is 13.5. The van der Waals surface area contributed by atoms with Gasteiger partial charge in [-0.1, -0.05) is 0 Å². The standard InChI is InChI=1S/C28H33FN6OS/c29-21-3-4-22-20(5-8-31-22)27(21)24-16-35(11-12-36-24)28(25-13-23-26(37-25)15-30-17-33-23)34-9-6-19(7-10-34)32-14-18-1-2-18/h3-5,8,13,15,17-19,24,28,31-32H,1-2,6-7,9-12,14,16H2. The lowest BCUT2D eigenvalue weighted by Gasteiger charge is -2.45. The van der Waals surface area contributed by atoms with E-state index in [1.54, 1.807) is 29.8 Å². The van der Waals surface area contributed by atoms with Crippen LogP contribution in [0.15, 0.2) is 43.0 Å². The van der Waals surface area contributed by atoms with Crippen molar-refractivity contribution in [2.24, 2.45) is 5.92 Å². The molecule has 3 aliphatic rings. The summed E-state index contributed by atoms with van der Waals surface area (Å²) in [6.45, 7) is 5.28. The van der Waals surface area contributed by atoms with E-state index in [1.165, 1.54) is 24.3 Å². The van der Waals surface area contributed by atoms with Gasteiger partial charge in [0.25, 0.3) is 0 Å². The summed E-state index contributed by atoms with van der Waals surface area (Å²) in [6, 6.07) is 8.14. The van der Waals surface area contributed by atoms with Crippen molar-refractivity contribution >= 4 is 32.5 Å². The van der Waals surface area contributed by atoms with Crippen molar-refractivity contribution in [3.05, 3.63) is 59.2 Å². The van der Waals surface area contributed by atoms with Crippen molar-refractivity contribution in [1.82, 2.24) is 30.1 Å². The van der Waals surface area contributed by atoms with E-state index in [1.807, 2.05) is 18.5 Å². The van der Waals surface area contributed by atoms with E-state index >= 15 is 4.39 Å². The summed E-state index contributed by atoms with van der Waals surface area (Å²) < 4.78 is 22.5. The molecule has 2 unspecified atom stereocenters. The molecule has 0 radical (unpaired) electrons.